The Balaban J connectivity index is 0. The van der Waals surface area contributed by atoms with Crippen LogP contribution in [0.2, 0.25) is 0 Å². The van der Waals surface area contributed by atoms with E-state index < -0.39 is 0 Å². The second-order valence-corrected chi connectivity index (χ2v) is 11.5. The fourth-order valence-corrected chi connectivity index (χ4v) is 4.04. The van der Waals surface area contributed by atoms with E-state index in [1.807, 2.05) is 7.11 Å². The summed E-state index contributed by atoms with van der Waals surface area (Å²) in [5.74, 6) is 0. The van der Waals surface area contributed by atoms with Crippen LogP contribution in [0.1, 0.15) is 130 Å². The highest BCUT2D eigenvalue weighted by Crippen LogP contribution is 2.22. The monoisotopic (exact) mass is 449 g/mol. The smallest absolute Gasteiger partial charge is 0.0393 e. The fraction of sp³-hybridized carbons (Fsp3) is 1.00. The van der Waals surface area contributed by atoms with E-state index in [2.05, 4.69) is 26.1 Å². The molecule has 0 radical (unpaired) electrons. The maximum absolute atomic E-state index is 5.32. The molecule has 0 spiro atoms. The minimum Gasteiger partial charge on any atom is -0.386 e. The van der Waals surface area contributed by atoms with Crippen LogP contribution in [0.15, 0.2) is 0 Å². The number of hydrogen-bond donors (Lipinski definition) is 1. The van der Waals surface area contributed by atoms with Gasteiger partial charge in [-0.25, -0.2) is 0 Å². The molecule has 0 aliphatic carbocycles. The molecule has 0 fully saturated rings. The van der Waals surface area contributed by atoms with Gasteiger partial charge in [-0.1, -0.05) is 111 Å². The number of nitrogens with one attached hydrogen (secondary N) is 1. The molecule has 29 heavy (non-hydrogen) atoms. The normalized spacial score (nSPS) is 12.8. The van der Waals surface area contributed by atoms with E-state index in [-0.39, 0.29) is 12.4 Å². The molecule has 0 aliphatic heterocycles. The van der Waals surface area contributed by atoms with Crippen molar-refractivity contribution >= 4 is 22.6 Å². The number of halogens is 1. The molecule has 0 bridgehead atoms. The maximum Gasteiger partial charge on any atom is 0.0393 e. The van der Waals surface area contributed by atoms with Crippen LogP contribution in [-0.4, -0.2) is 36.2 Å². The molecule has 1 unspecified atom stereocenters. The average molecular weight is 450 g/mol. The molecular weight excluding hydrogens is 394 g/mol. The summed E-state index contributed by atoms with van der Waals surface area (Å²) < 4.78 is 5.32. The lowest BCUT2D eigenvalue weighted by atomic mass is 9.89. The lowest BCUT2D eigenvalue weighted by Gasteiger charge is -2.17. The number of hydrogen-bond acceptors (Lipinski definition) is 2. The first-order valence-corrected chi connectivity index (χ1v) is 13.8. The average Bonchev–Trinajstić information content (AvgIpc) is 2.65. The Morgan fingerprint density at radius 3 is 1.41 bits per heavy atom. The molecule has 0 saturated carbocycles. The highest BCUT2D eigenvalue weighted by molar-refractivity contribution is 6.10. The van der Waals surface area contributed by atoms with Crippen LogP contribution in [0.5, 0.6) is 0 Å². The first-order valence-electron chi connectivity index (χ1n) is 12.7. The molecule has 0 heterocycles. The number of methoxy groups -OCH3 is 1. The zero-order valence-corrected chi connectivity index (χ0v) is 23.6. The van der Waals surface area contributed by atoms with Crippen LogP contribution in [0, 0.1) is 5.41 Å². The molecule has 1 N–H and O–H groups in total. The minimum absolute atomic E-state index is 0. The minimum atomic E-state index is 0. The molecule has 1 atom stereocenters. The van der Waals surface area contributed by atoms with Crippen molar-refractivity contribution in [1.29, 1.82) is 0 Å². The van der Waals surface area contributed by atoms with Crippen LogP contribution < -0.4 is 5.32 Å². The van der Waals surface area contributed by atoms with Gasteiger partial charge in [-0.15, -0.1) is 12.4 Å². The molecule has 2 nitrogen and oxygen atoms in total. The fourth-order valence-electron chi connectivity index (χ4n) is 3.75. The molecule has 0 saturated heterocycles. The number of rotatable bonds is 21. The van der Waals surface area contributed by atoms with Gasteiger partial charge in [0.25, 0.3) is 0 Å². The zero-order valence-electron chi connectivity index (χ0n) is 20.8. The highest BCUT2D eigenvalue weighted by Gasteiger charge is 2.08. The number of ether oxygens (including phenoxy) is 1. The van der Waals surface area contributed by atoms with E-state index in [4.69, 9.17) is 4.74 Å². The topological polar surface area (TPSA) is 21.3 Å². The van der Waals surface area contributed by atoms with Gasteiger partial charge in [-0.3, -0.25) is 0 Å². The summed E-state index contributed by atoms with van der Waals surface area (Å²) in [6.45, 7) is 9.39. The zero-order chi connectivity index (χ0) is 20.9. The Hall–Kier alpha value is 0.427. The Morgan fingerprint density at radius 2 is 1.03 bits per heavy atom. The molecule has 178 valence electrons. The van der Waals surface area contributed by atoms with Gasteiger partial charge in [0.05, 0.1) is 0 Å². The Bertz CT molecular complexity index is 310. The van der Waals surface area contributed by atoms with Crippen LogP contribution >= 0.6 is 12.4 Å². The van der Waals surface area contributed by atoms with Crippen molar-refractivity contribution in [3.05, 3.63) is 0 Å². The summed E-state index contributed by atoms with van der Waals surface area (Å²) in [6.07, 6.45) is 24.2. The van der Waals surface area contributed by atoms with E-state index in [9.17, 15) is 0 Å². The van der Waals surface area contributed by atoms with Crippen molar-refractivity contribution in [3.63, 3.8) is 0 Å². The Labute approximate surface area is 193 Å². The van der Waals surface area contributed by atoms with Crippen LogP contribution in [0.25, 0.3) is 0 Å². The van der Waals surface area contributed by atoms with Crippen molar-refractivity contribution < 1.29 is 4.74 Å². The second kappa shape index (κ2) is 23.1. The summed E-state index contributed by atoms with van der Waals surface area (Å²) in [7, 11) is 2.98. The van der Waals surface area contributed by atoms with E-state index in [1.165, 1.54) is 116 Å². The van der Waals surface area contributed by atoms with Crippen molar-refractivity contribution in [1.82, 2.24) is 5.32 Å². The van der Waals surface area contributed by atoms with Crippen molar-refractivity contribution in [3.8, 4) is 0 Å². The molecule has 0 amide bonds. The first-order chi connectivity index (χ1) is 13.5. The van der Waals surface area contributed by atoms with Crippen molar-refractivity contribution in [2.45, 2.75) is 136 Å². The predicted octanol–water partition coefficient (Wildman–Crippen LogP) is 7.01. The standard InChI is InChI=1S/C25H55NOSi.ClH/c1-25(2,3)21-18-16-14-12-10-8-6-5-7-9-11-13-15-17-19-22-26-23-20-24(28)27-4;/h24,26H,5-23H2,1-4,28H3;1H. The summed E-state index contributed by atoms with van der Waals surface area (Å²) in [6, 6.07) is 0. The first kappa shape index (κ1) is 31.6. The molecule has 0 aromatic rings. The Kier molecular flexibility index (Phi) is 25.2. The van der Waals surface area contributed by atoms with Gasteiger partial charge in [-0.2, -0.15) is 0 Å². The third-order valence-corrected chi connectivity index (χ3v) is 6.96. The summed E-state index contributed by atoms with van der Waals surface area (Å²) >= 11 is 0. The summed E-state index contributed by atoms with van der Waals surface area (Å²) in [5, 5.41) is 3.55. The lowest BCUT2D eigenvalue weighted by molar-refractivity contribution is 0.159. The van der Waals surface area contributed by atoms with Gasteiger partial charge < -0.3 is 10.1 Å². The van der Waals surface area contributed by atoms with E-state index in [1.54, 1.807) is 0 Å². The van der Waals surface area contributed by atoms with Gasteiger partial charge in [-0.05, 0) is 37.8 Å². The molecule has 0 aliphatic rings. The molecule has 0 aromatic heterocycles. The summed E-state index contributed by atoms with van der Waals surface area (Å²) in [5.41, 5.74) is 1.05. The molecular formula is C25H56ClNOSi. The third kappa shape index (κ3) is 28.4. The predicted molar refractivity (Wildman–Crippen MR) is 139 cm³/mol. The third-order valence-electron chi connectivity index (χ3n) is 5.91. The van der Waals surface area contributed by atoms with E-state index in [0.29, 0.717) is 11.1 Å². The van der Waals surface area contributed by atoms with E-state index >= 15 is 0 Å². The van der Waals surface area contributed by atoms with Crippen LogP contribution in [0.4, 0.5) is 0 Å². The quantitative estimate of drug-likeness (QED) is 0.150. The Morgan fingerprint density at radius 1 is 0.655 bits per heavy atom. The van der Waals surface area contributed by atoms with Crippen LogP contribution in [0.3, 0.4) is 0 Å². The lowest BCUT2D eigenvalue weighted by Crippen LogP contribution is -2.22. The van der Waals surface area contributed by atoms with Gasteiger partial charge in [0.15, 0.2) is 0 Å². The molecule has 0 rings (SSSR count). The van der Waals surface area contributed by atoms with Crippen molar-refractivity contribution in [2.24, 2.45) is 5.41 Å². The SMILES string of the molecule is COC([SiH3])CCNCCCCCCCCCCCCCCCCCC(C)(C)C.Cl. The highest BCUT2D eigenvalue weighted by atomic mass is 35.5. The van der Waals surface area contributed by atoms with Gasteiger partial charge in [0, 0.05) is 23.1 Å². The molecule has 4 heteroatoms. The largest absolute Gasteiger partial charge is 0.386 e. The maximum atomic E-state index is 5.32. The number of unbranched alkanes of at least 4 members (excludes halogenated alkanes) is 14. The van der Waals surface area contributed by atoms with Crippen molar-refractivity contribution in [2.75, 3.05) is 20.2 Å². The van der Waals surface area contributed by atoms with Crippen LogP contribution in [-0.2, 0) is 4.74 Å². The van der Waals surface area contributed by atoms with Gasteiger partial charge >= 0.3 is 0 Å². The second-order valence-electron chi connectivity index (χ2n) is 10.2. The van der Waals surface area contributed by atoms with Gasteiger partial charge in [0.1, 0.15) is 0 Å². The summed E-state index contributed by atoms with van der Waals surface area (Å²) in [4.78, 5) is 0. The van der Waals surface area contributed by atoms with E-state index in [0.717, 1.165) is 16.8 Å². The van der Waals surface area contributed by atoms with Gasteiger partial charge in [0.2, 0.25) is 0 Å². The molecule has 0 aromatic carbocycles.